The number of nitrogens with two attached hydrogens (primary N) is 1. The number of nitrogens with one attached hydrogen (secondary N) is 1. The molecule has 3 N–H and O–H groups in total. The fraction of sp³-hybridized carbons (Fsp3) is 0.560. The quantitative estimate of drug-likeness (QED) is 0.233. The van der Waals surface area contributed by atoms with Gasteiger partial charge in [-0.3, -0.25) is 9.36 Å². The molecule has 1 heterocycles. The third-order valence-corrected chi connectivity index (χ3v) is 7.21. The second kappa shape index (κ2) is 14.6. The van der Waals surface area contributed by atoms with Gasteiger partial charge in [0.15, 0.2) is 0 Å². The molecule has 10 nitrogen and oxygen atoms in total. The van der Waals surface area contributed by atoms with Crippen molar-refractivity contribution in [2.75, 3.05) is 19.5 Å². The predicted octanol–water partition coefficient (Wildman–Crippen LogP) is 4.87. The summed E-state index contributed by atoms with van der Waals surface area (Å²) in [5.41, 5.74) is 4.13. The number of esters is 1. The van der Waals surface area contributed by atoms with Crippen molar-refractivity contribution >= 4 is 31.9 Å². The normalized spacial score (nSPS) is 15.6. The lowest BCUT2D eigenvalue weighted by Gasteiger charge is -2.33. The maximum atomic E-state index is 13.0. The number of carbonyl (C=O) groups is 1. The van der Waals surface area contributed by atoms with Crippen LogP contribution in [-0.4, -0.2) is 47.0 Å². The smallest absolute Gasteiger partial charge is 0.349 e. The Morgan fingerprint density at radius 3 is 2.49 bits per heavy atom. The highest BCUT2D eigenvalue weighted by molar-refractivity contribution is 7.45. The van der Waals surface area contributed by atoms with E-state index in [1.807, 2.05) is 13.8 Å². The molecule has 0 aliphatic heterocycles. The average Bonchev–Trinajstić information content (AvgIpc) is 2.82. The summed E-state index contributed by atoms with van der Waals surface area (Å²) >= 11 is 6.02. The Hall–Kier alpha value is -2.23. The Morgan fingerprint density at radius 1 is 1.24 bits per heavy atom. The van der Waals surface area contributed by atoms with Crippen molar-refractivity contribution in [1.29, 1.82) is 0 Å². The van der Waals surface area contributed by atoms with E-state index in [2.05, 4.69) is 10.1 Å². The number of rotatable bonds is 15. The van der Waals surface area contributed by atoms with Gasteiger partial charge in [-0.05, 0) is 70.9 Å². The monoisotopic (exact) mass is 556 g/mol. The van der Waals surface area contributed by atoms with E-state index in [4.69, 9.17) is 35.9 Å². The van der Waals surface area contributed by atoms with Crippen LogP contribution in [0.15, 0.2) is 41.3 Å². The first-order valence-electron chi connectivity index (χ1n) is 12.2. The van der Waals surface area contributed by atoms with Crippen molar-refractivity contribution in [2.24, 2.45) is 0 Å². The molecule has 12 heteroatoms. The van der Waals surface area contributed by atoms with Gasteiger partial charge < -0.3 is 24.3 Å². The number of methoxy groups -OCH3 is 1. The van der Waals surface area contributed by atoms with Gasteiger partial charge in [0.25, 0.3) is 0 Å². The third-order valence-electron chi connectivity index (χ3n) is 5.52. The first-order chi connectivity index (χ1) is 17.5. The van der Waals surface area contributed by atoms with Gasteiger partial charge in [-0.25, -0.2) is 9.88 Å². The number of benzene rings is 1. The number of halogens is 1. The number of aromatic nitrogens is 2. The van der Waals surface area contributed by atoms with E-state index in [0.717, 1.165) is 6.42 Å². The SMILES string of the molecule is CCCC(C)(NP(OCC(CC(C)n1ccc(N)nc1=O)OC)Oc1ccc(Cl)cc1)C(=O)OC(C)C. The second-order valence-electron chi connectivity index (χ2n) is 9.23. The van der Waals surface area contributed by atoms with E-state index < -0.39 is 19.8 Å². The highest BCUT2D eigenvalue weighted by Crippen LogP contribution is 2.40. The Morgan fingerprint density at radius 2 is 1.92 bits per heavy atom. The number of nitrogen functional groups attached to an aromatic ring is 1. The molecule has 4 unspecified atom stereocenters. The van der Waals surface area contributed by atoms with Gasteiger partial charge in [0.05, 0.1) is 18.8 Å². The van der Waals surface area contributed by atoms with E-state index in [1.54, 1.807) is 64.4 Å². The molecule has 37 heavy (non-hydrogen) atoms. The van der Waals surface area contributed by atoms with Crippen LogP contribution >= 0.6 is 20.1 Å². The minimum absolute atomic E-state index is 0.145. The first kappa shape index (κ1) is 31.0. The van der Waals surface area contributed by atoms with Crippen molar-refractivity contribution in [3.05, 3.63) is 52.0 Å². The molecule has 0 fully saturated rings. The van der Waals surface area contributed by atoms with E-state index >= 15 is 0 Å². The third kappa shape index (κ3) is 9.87. The number of hydrogen-bond acceptors (Lipinski definition) is 9. The molecule has 0 amide bonds. The Labute approximate surface area is 224 Å². The number of hydrogen-bond donors (Lipinski definition) is 2. The van der Waals surface area contributed by atoms with Gasteiger partial charge in [-0.2, -0.15) is 4.98 Å². The molecule has 0 saturated carbocycles. The molecule has 1 aromatic carbocycles. The number of anilines is 1. The van der Waals surface area contributed by atoms with E-state index in [9.17, 15) is 9.59 Å². The molecule has 4 atom stereocenters. The van der Waals surface area contributed by atoms with Crippen LogP contribution in [0.2, 0.25) is 5.02 Å². The Kier molecular flexibility index (Phi) is 12.3. The summed E-state index contributed by atoms with van der Waals surface area (Å²) in [6.45, 7) is 9.41. The standard InChI is InChI=1S/C25H38ClN4O6P/c1-7-13-25(5,23(31)35-17(2)3)29-37(36-20-10-8-19(26)9-11-20)34-16-21(33-6)15-18(4)30-14-12-22(27)28-24(30)32/h8-12,14,17-18,21,29H,7,13,15-16H2,1-6H3,(H2,27,28,32). The summed E-state index contributed by atoms with van der Waals surface area (Å²) in [5.74, 6) is 0.315. The van der Waals surface area contributed by atoms with E-state index in [1.165, 1.54) is 4.57 Å². The Balaban J connectivity index is 2.19. The molecule has 2 aromatic rings. The van der Waals surface area contributed by atoms with Crippen LogP contribution in [0.25, 0.3) is 0 Å². The van der Waals surface area contributed by atoms with Crippen molar-refractivity contribution in [1.82, 2.24) is 14.6 Å². The molecule has 2 rings (SSSR count). The average molecular weight is 557 g/mol. The van der Waals surface area contributed by atoms with Crippen LogP contribution in [0, 0.1) is 0 Å². The summed E-state index contributed by atoms with van der Waals surface area (Å²) < 4.78 is 24.9. The van der Waals surface area contributed by atoms with Gasteiger partial charge >= 0.3 is 20.2 Å². The van der Waals surface area contributed by atoms with Crippen molar-refractivity contribution in [3.8, 4) is 5.75 Å². The van der Waals surface area contributed by atoms with Crippen LogP contribution in [-0.2, 0) is 18.8 Å². The fourth-order valence-electron chi connectivity index (χ4n) is 3.56. The second-order valence-corrected chi connectivity index (χ2v) is 10.8. The van der Waals surface area contributed by atoms with Gasteiger partial charge in [0.1, 0.15) is 17.1 Å². The summed E-state index contributed by atoms with van der Waals surface area (Å²) in [5, 5.41) is 3.83. The predicted molar refractivity (Wildman–Crippen MR) is 146 cm³/mol. The van der Waals surface area contributed by atoms with E-state index in [-0.39, 0.29) is 36.6 Å². The summed E-state index contributed by atoms with van der Waals surface area (Å²) in [6.07, 6.45) is 2.69. The van der Waals surface area contributed by atoms with Crippen molar-refractivity contribution in [3.63, 3.8) is 0 Å². The van der Waals surface area contributed by atoms with E-state index in [0.29, 0.717) is 23.6 Å². The first-order valence-corrected chi connectivity index (χ1v) is 13.8. The highest BCUT2D eigenvalue weighted by atomic mass is 35.5. The van der Waals surface area contributed by atoms with Crippen LogP contribution in [0.5, 0.6) is 5.75 Å². The molecule has 1 aromatic heterocycles. The zero-order chi connectivity index (χ0) is 27.6. The largest absolute Gasteiger partial charge is 0.462 e. The minimum atomic E-state index is -1.80. The number of carbonyl (C=O) groups excluding carboxylic acids is 1. The van der Waals surface area contributed by atoms with Gasteiger partial charge in [-0.1, -0.05) is 24.9 Å². The van der Waals surface area contributed by atoms with Gasteiger partial charge in [0.2, 0.25) is 0 Å². The van der Waals surface area contributed by atoms with Crippen LogP contribution in [0.3, 0.4) is 0 Å². The molecule has 0 aliphatic carbocycles. The van der Waals surface area contributed by atoms with Crippen LogP contribution in [0.4, 0.5) is 5.82 Å². The van der Waals surface area contributed by atoms with Crippen LogP contribution in [0.1, 0.15) is 59.9 Å². The molecule has 0 saturated heterocycles. The molecule has 206 valence electrons. The summed E-state index contributed by atoms with van der Waals surface area (Å²) in [7, 11) is -0.232. The van der Waals surface area contributed by atoms with Crippen molar-refractivity contribution in [2.45, 2.75) is 77.7 Å². The minimum Gasteiger partial charge on any atom is -0.462 e. The molecule has 0 bridgehead atoms. The molecule has 0 radical (unpaired) electrons. The molecular formula is C25H38ClN4O6P. The summed E-state index contributed by atoms with van der Waals surface area (Å²) in [6, 6.07) is 8.22. The zero-order valence-corrected chi connectivity index (χ0v) is 23.9. The molecule has 0 aliphatic rings. The fourth-order valence-corrected chi connectivity index (χ4v) is 5.07. The molecular weight excluding hydrogens is 519 g/mol. The lowest BCUT2D eigenvalue weighted by atomic mass is 9.98. The lowest BCUT2D eigenvalue weighted by molar-refractivity contribution is -0.154. The Bertz CT molecular complexity index is 1050. The maximum absolute atomic E-state index is 13.0. The molecule has 0 spiro atoms. The lowest BCUT2D eigenvalue weighted by Crippen LogP contribution is -2.49. The summed E-state index contributed by atoms with van der Waals surface area (Å²) in [4.78, 5) is 29.0. The maximum Gasteiger partial charge on any atom is 0.349 e. The zero-order valence-electron chi connectivity index (χ0n) is 22.3. The van der Waals surface area contributed by atoms with Crippen LogP contribution < -0.4 is 21.0 Å². The number of ether oxygens (including phenoxy) is 2. The highest BCUT2D eigenvalue weighted by Gasteiger charge is 2.39. The number of nitrogens with zero attached hydrogens (tertiary/aromatic N) is 2. The topological polar surface area (TPSA) is 127 Å². The van der Waals surface area contributed by atoms with Crippen molar-refractivity contribution < 1.29 is 23.3 Å². The van der Waals surface area contributed by atoms with Gasteiger partial charge in [-0.15, -0.1) is 0 Å². The van der Waals surface area contributed by atoms with Gasteiger partial charge in [0, 0.05) is 24.4 Å².